The average Bonchev–Trinajstić information content (AvgIpc) is 2.75. The van der Waals surface area contributed by atoms with Crippen LogP contribution in [0.5, 0.6) is 0 Å². The third-order valence-electron chi connectivity index (χ3n) is 2.66. The molecule has 2 atom stereocenters. The molecule has 1 heterocycles. The van der Waals surface area contributed by atoms with Crippen molar-refractivity contribution in [2.75, 3.05) is 24.4 Å². The molecular weight excluding hydrogens is 278 g/mol. The van der Waals surface area contributed by atoms with Crippen molar-refractivity contribution in [1.82, 2.24) is 4.72 Å². The molecule has 1 fully saturated rings. The number of carbonyl (C=O) groups is 1. The van der Waals surface area contributed by atoms with Crippen molar-refractivity contribution < 1.29 is 23.1 Å². The van der Waals surface area contributed by atoms with Crippen LogP contribution in [0.1, 0.15) is 19.3 Å². The highest BCUT2D eigenvalue weighted by molar-refractivity contribution is 7.98. The van der Waals surface area contributed by atoms with Crippen LogP contribution in [-0.4, -0.2) is 56.0 Å². The molecule has 1 rings (SSSR count). The van der Waals surface area contributed by atoms with Gasteiger partial charge in [0.15, 0.2) is 0 Å². The van der Waals surface area contributed by atoms with Gasteiger partial charge in [-0.1, -0.05) is 0 Å². The summed E-state index contributed by atoms with van der Waals surface area (Å²) in [6.45, 7) is 0.578. The van der Waals surface area contributed by atoms with Gasteiger partial charge < -0.3 is 9.84 Å². The van der Waals surface area contributed by atoms with Crippen molar-refractivity contribution in [3.05, 3.63) is 0 Å². The van der Waals surface area contributed by atoms with Crippen LogP contribution in [0.3, 0.4) is 0 Å². The van der Waals surface area contributed by atoms with Crippen molar-refractivity contribution in [3.8, 4) is 0 Å². The summed E-state index contributed by atoms with van der Waals surface area (Å²) in [6, 6.07) is -1.05. The Hall–Kier alpha value is -0.310. The van der Waals surface area contributed by atoms with Crippen molar-refractivity contribution in [2.45, 2.75) is 31.4 Å². The third kappa shape index (κ3) is 5.55. The van der Waals surface area contributed by atoms with Crippen LogP contribution in [0.4, 0.5) is 0 Å². The monoisotopic (exact) mass is 297 g/mol. The number of rotatable bonds is 8. The van der Waals surface area contributed by atoms with Crippen LogP contribution in [0, 0.1) is 0 Å². The van der Waals surface area contributed by atoms with E-state index in [-0.39, 0.29) is 18.3 Å². The molecule has 18 heavy (non-hydrogen) atoms. The predicted octanol–water partition coefficient (Wildman–Crippen LogP) is 0.291. The van der Waals surface area contributed by atoms with E-state index in [9.17, 15) is 13.2 Å². The molecule has 6 nitrogen and oxygen atoms in total. The Morgan fingerprint density at radius 3 is 2.83 bits per heavy atom. The third-order valence-corrected chi connectivity index (χ3v) is 4.76. The van der Waals surface area contributed by atoms with E-state index in [2.05, 4.69) is 4.72 Å². The van der Waals surface area contributed by atoms with Gasteiger partial charge in [-0.25, -0.2) is 13.1 Å². The highest BCUT2D eigenvalue weighted by Crippen LogP contribution is 2.14. The lowest BCUT2D eigenvalue weighted by Gasteiger charge is -2.16. The Balaban J connectivity index is 2.52. The van der Waals surface area contributed by atoms with Gasteiger partial charge >= 0.3 is 5.97 Å². The summed E-state index contributed by atoms with van der Waals surface area (Å²) >= 11 is 1.48. The molecule has 0 aliphatic carbocycles. The molecule has 1 aliphatic heterocycles. The van der Waals surface area contributed by atoms with Crippen molar-refractivity contribution in [2.24, 2.45) is 0 Å². The second-order valence-electron chi connectivity index (χ2n) is 4.21. The molecular formula is C10H19NO5S2. The van der Waals surface area contributed by atoms with Crippen molar-refractivity contribution >= 4 is 27.8 Å². The molecule has 1 unspecified atom stereocenters. The number of aliphatic carboxylic acids is 1. The Morgan fingerprint density at radius 1 is 1.61 bits per heavy atom. The lowest BCUT2D eigenvalue weighted by Crippen LogP contribution is -2.43. The molecule has 0 aromatic carbocycles. The first-order valence-corrected chi connectivity index (χ1v) is 8.82. The maximum absolute atomic E-state index is 11.8. The van der Waals surface area contributed by atoms with Gasteiger partial charge in [-0.05, 0) is 31.3 Å². The average molecular weight is 297 g/mol. The predicted molar refractivity (Wildman–Crippen MR) is 70.3 cm³/mol. The number of carboxylic acid groups (broad SMARTS) is 1. The van der Waals surface area contributed by atoms with Crippen LogP contribution < -0.4 is 4.72 Å². The van der Waals surface area contributed by atoms with E-state index < -0.39 is 22.0 Å². The minimum absolute atomic E-state index is 0.157. The molecule has 1 aliphatic rings. The number of hydrogen-bond acceptors (Lipinski definition) is 5. The molecule has 2 N–H and O–H groups in total. The summed E-state index contributed by atoms with van der Waals surface area (Å²) < 4.78 is 31.1. The quantitative estimate of drug-likeness (QED) is 0.669. The molecule has 0 bridgehead atoms. The first kappa shape index (κ1) is 15.7. The number of nitrogens with one attached hydrogen (secondary N) is 1. The van der Waals surface area contributed by atoms with Gasteiger partial charge in [0, 0.05) is 6.61 Å². The second-order valence-corrected chi connectivity index (χ2v) is 6.99. The summed E-state index contributed by atoms with van der Waals surface area (Å²) in [4.78, 5) is 11.0. The van der Waals surface area contributed by atoms with E-state index in [0.29, 0.717) is 18.8 Å². The van der Waals surface area contributed by atoms with E-state index in [0.717, 1.165) is 6.42 Å². The summed E-state index contributed by atoms with van der Waals surface area (Å²) in [5.41, 5.74) is 0. The fourth-order valence-electron chi connectivity index (χ4n) is 1.75. The number of ether oxygens (including phenoxy) is 1. The minimum atomic E-state index is -3.60. The van der Waals surface area contributed by atoms with Crippen LogP contribution in [0.25, 0.3) is 0 Å². The number of carboxylic acids is 1. The van der Waals surface area contributed by atoms with E-state index in [1.165, 1.54) is 11.8 Å². The summed E-state index contributed by atoms with van der Waals surface area (Å²) in [5, 5.41) is 8.96. The highest BCUT2D eigenvalue weighted by atomic mass is 32.2. The van der Waals surface area contributed by atoms with Crippen molar-refractivity contribution in [1.29, 1.82) is 0 Å². The zero-order valence-corrected chi connectivity index (χ0v) is 11.9. The van der Waals surface area contributed by atoms with Crippen LogP contribution in [-0.2, 0) is 19.6 Å². The first-order chi connectivity index (χ1) is 8.44. The standard InChI is InChI=1S/C10H19NO5S2/c1-17-6-4-9(10(12)13)11-18(14,15)7-8-3-2-5-16-8/h8-9,11H,2-7H2,1H3,(H,12,13)/t8?,9-/m0/s1. The summed E-state index contributed by atoms with van der Waals surface area (Å²) in [5.74, 6) is -0.699. The molecule has 0 amide bonds. The Labute approximate surface area is 112 Å². The van der Waals surface area contributed by atoms with E-state index in [1.807, 2.05) is 6.26 Å². The number of hydrogen-bond donors (Lipinski definition) is 2. The van der Waals surface area contributed by atoms with Crippen molar-refractivity contribution in [3.63, 3.8) is 0 Å². The van der Waals surface area contributed by atoms with Gasteiger partial charge in [0.2, 0.25) is 10.0 Å². The van der Waals surface area contributed by atoms with E-state index in [1.54, 1.807) is 0 Å². The maximum Gasteiger partial charge on any atom is 0.321 e. The molecule has 106 valence electrons. The Kier molecular flexibility index (Phi) is 6.40. The normalized spacial score (nSPS) is 21.9. The molecule has 1 saturated heterocycles. The zero-order valence-electron chi connectivity index (χ0n) is 10.3. The van der Waals surface area contributed by atoms with Crippen LogP contribution in [0.2, 0.25) is 0 Å². The zero-order chi connectivity index (χ0) is 13.6. The largest absolute Gasteiger partial charge is 0.480 e. The SMILES string of the molecule is CSCC[C@H](NS(=O)(=O)CC1CCCO1)C(=O)O. The first-order valence-electron chi connectivity index (χ1n) is 5.78. The van der Waals surface area contributed by atoms with Gasteiger partial charge in [0.25, 0.3) is 0 Å². The Morgan fingerprint density at radius 2 is 2.33 bits per heavy atom. The maximum atomic E-state index is 11.8. The summed E-state index contributed by atoms with van der Waals surface area (Å²) in [6.07, 6.45) is 3.39. The molecule has 0 aromatic heterocycles. The minimum Gasteiger partial charge on any atom is -0.480 e. The van der Waals surface area contributed by atoms with Gasteiger partial charge in [-0.15, -0.1) is 0 Å². The molecule has 0 aromatic rings. The molecule has 0 radical (unpaired) electrons. The van der Waals surface area contributed by atoms with E-state index >= 15 is 0 Å². The van der Waals surface area contributed by atoms with Crippen LogP contribution >= 0.6 is 11.8 Å². The second kappa shape index (κ2) is 7.32. The lowest BCUT2D eigenvalue weighted by atomic mass is 10.2. The Bertz CT molecular complexity index is 364. The lowest BCUT2D eigenvalue weighted by molar-refractivity contribution is -0.139. The van der Waals surface area contributed by atoms with Gasteiger partial charge in [-0.3, -0.25) is 4.79 Å². The number of thioether (sulfide) groups is 1. The van der Waals surface area contributed by atoms with Crippen LogP contribution in [0.15, 0.2) is 0 Å². The highest BCUT2D eigenvalue weighted by Gasteiger charge is 2.28. The van der Waals surface area contributed by atoms with Gasteiger partial charge in [0.1, 0.15) is 6.04 Å². The molecule has 0 spiro atoms. The van der Waals surface area contributed by atoms with E-state index in [4.69, 9.17) is 9.84 Å². The molecule has 8 heteroatoms. The van der Waals surface area contributed by atoms with Gasteiger partial charge in [-0.2, -0.15) is 11.8 Å². The topological polar surface area (TPSA) is 92.7 Å². The molecule has 0 saturated carbocycles. The summed E-state index contributed by atoms with van der Waals surface area (Å²) in [7, 11) is -3.60. The fourth-order valence-corrected chi connectivity index (χ4v) is 3.73. The number of sulfonamides is 1. The van der Waals surface area contributed by atoms with Gasteiger partial charge in [0.05, 0.1) is 11.9 Å². The fraction of sp³-hybridized carbons (Fsp3) is 0.900. The smallest absolute Gasteiger partial charge is 0.321 e.